The largest absolute Gasteiger partial charge is 0.463 e. The number of nitrogens with zero attached hydrogens (tertiary/aromatic N) is 3. The molecule has 25 heavy (non-hydrogen) atoms. The van der Waals surface area contributed by atoms with Crippen molar-refractivity contribution in [2.75, 3.05) is 5.73 Å². The molecule has 0 aliphatic carbocycles. The monoisotopic (exact) mass is 343 g/mol. The quantitative estimate of drug-likeness (QED) is 0.742. The Hall–Kier alpha value is -3.16. The molecule has 132 valence electrons. The van der Waals surface area contributed by atoms with E-state index >= 15 is 0 Å². The average Bonchev–Trinajstić information content (AvgIpc) is 3.12. The van der Waals surface area contributed by atoms with Gasteiger partial charge in [0.05, 0.1) is 24.7 Å². The first-order chi connectivity index (χ1) is 12.1. The summed E-state index contributed by atoms with van der Waals surface area (Å²) < 4.78 is 10.6. The second kappa shape index (κ2) is 8.62. The van der Waals surface area contributed by atoms with E-state index in [2.05, 4.69) is 20.3 Å². The number of carbonyl (C=O) groups is 1. The Morgan fingerprint density at radius 2 is 2.20 bits per heavy atom. The summed E-state index contributed by atoms with van der Waals surface area (Å²) >= 11 is 0. The van der Waals surface area contributed by atoms with Gasteiger partial charge >= 0.3 is 0 Å². The second-order valence-electron chi connectivity index (χ2n) is 5.11. The Labute approximate surface area is 145 Å². The molecular formula is C17H21N5O3. The number of allylic oxidation sites excluding steroid dienone is 2. The molecule has 1 amide bonds. The van der Waals surface area contributed by atoms with Crippen molar-refractivity contribution in [3.05, 3.63) is 53.8 Å². The predicted octanol–water partition coefficient (Wildman–Crippen LogP) is 2.59. The van der Waals surface area contributed by atoms with E-state index in [1.165, 1.54) is 12.6 Å². The molecule has 0 unspecified atom stereocenters. The number of carbonyl (C=O) groups excluding carboxylic acids is 1. The van der Waals surface area contributed by atoms with Gasteiger partial charge in [0.2, 0.25) is 0 Å². The third kappa shape index (κ3) is 4.66. The number of aromatic nitrogens is 3. The van der Waals surface area contributed by atoms with Crippen LogP contribution in [0.2, 0.25) is 0 Å². The predicted molar refractivity (Wildman–Crippen MR) is 93.0 cm³/mol. The normalized spacial score (nSPS) is 11.7. The summed E-state index contributed by atoms with van der Waals surface area (Å²) in [7, 11) is 0. The highest BCUT2D eigenvalue weighted by Crippen LogP contribution is 2.21. The smallest absolute Gasteiger partial charge is 0.274 e. The molecule has 0 atom stereocenters. The summed E-state index contributed by atoms with van der Waals surface area (Å²) in [5.41, 5.74) is 7.04. The van der Waals surface area contributed by atoms with Crippen LogP contribution < -0.4 is 11.1 Å². The first-order valence-corrected chi connectivity index (χ1v) is 7.84. The third-order valence-corrected chi connectivity index (χ3v) is 3.17. The van der Waals surface area contributed by atoms with E-state index < -0.39 is 5.91 Å². The molecule has 0 aromatic carbocycles. The van der Waals surface area contributed by atoms with Crippen molar-refractivity contribution in [1.29, 1.82) is 0 Å². The molecule has 0 aliphatic rings. The van der Waals surface area contributed by atoms with Gasteiger partial charge in [-0.05, 0) is 26.3 Å². The molecule has 2 rings (SSSR count). The second-order valence-corrected chi connectivity index (χ2v) is 5.11. The zero-order valence-corrected chi connectivity index (χ0v) is 14.4. The van der Waals surface area contributed by atoms with E-state index in [1.54, 1.807) is 19.3 Å². The summed E-state index contributed by atoms with van der Waals surface area (Å²) in [4.78, 5) is 24.7. The standard InChI is InChI=1S/C17H21N5O3/c1-4-6-13(24-7-5-2)14-11(3)21-15(16(18)22-14)17(23)20-9-12-8-19-10-25-12/h5-8,10H,4,9H2,1-3H3,(H2,18,22)(H,20,23)/b7-5-,13-6+. The fourth-order valence-electron chi connectivity index (χ4n) is 2.04. The van der Waals surface area contributed by atoms with Crippen LogP contribution in [0.1, 0.15) is 47.9 Å². The van der Waals surface area contributed by atoms with Gasteiger partial charge in [0, 0.05) is 0 Å². The van der Waals surface area contributed by atoms with Gasteiger partial charge in [-0.1, -0.05) is 13.0 Å². The fourth-order valence-corrected chi connectivity index (χ4v) is 2.04. The minimum absolute atomic E-state index is 0.0294. The first-order valence-electron chi connectivity index (χ1n) is 7.84. The Bertz CT molecular complexity index is 782. The summed E-state index contributed by atoms with van der Waals surface area (Å²) in [6.45, 7) is 5.76. The molecule has 0 bridgehead atoms. The Morgan fingerprint density at radius 1 is 1.40 bits per heavy atom. The van der Waals surface area contributed by atoms with Gasteiger partial charge in [-0.25, -0.2) is 15.0 Å². The summed E-state index contributed by atoms with van der Waals surface area (Å²) in [6.07, 6.45) is 8.76. The lowest BCUT2D eigenvalue weighted by Gasteiger charge is -2.12. The average molecular weight is 343 g/mol. The van der Waals surface area contributed by atoms with Gasteiger partial charge in [0.15, 0.2) is 17.9 Å². The van der Waals surface area contributed by atoms with Crippen LogP contribution in [-0.4, -0.2) is 20.9 Å². The highest BCUT2D eigenvalue weighted by Gasteiger charge is 2.18. The molecular weight excluding hydrogens is 322 g/mol. The van der Waals surface area contributed by atoms with Crippen LogP contribution in [0.4, 0.5) is 5.82 Å². The molecule has 0 aliphatic heterocycles. The molecule has 2 aromatic heterocycles. The van der Waals surface area contributed by atoms with Crippen LogP contribution in [0.25, 0.3) is 5.76 Å². The number of ether oxygens (including phenoxy) is 1. The molecule has 0 saturated carbocycles. The fraction of sp³-hybridized carbons (Fsp3) is 0.294. The highest BCUT2D eigenvalue weighted by atomic mass is 16.5. The highest BCUT2D eigenvalue weighted by molar-refractivity contribution is 5.96. The van der Waals surface area contributed by atoms with E-state index in [0.29, 0.717) is 22.9 Å². The number of amides is 1. The third-order valence-electron chi connectivity index (χ3n) is 3.17. The lowest BCUT2D eigenvalue weighted by molar-refractivity contribution is 0.0943. The number of hydrogen-bond acceptors (Lipinski definition) is 7. The molecule has 2 aromatic rings. The number of rotatable bonds is 7. The molecule has 0 radical (unpaired) electrons. The maximum atomic E-state index is 12.3. The number of aryl methyl sites for hydroxylation is 1. The minimum Gasteiger partial charge on any atom is -0.463 e. The van der Waals surface area contributed by atoms with Crippen LogP contribution >= 0.6 is 0 Å². The number of anilines is 1. The number of oxazole rings is 1. The van der Waals surface area contributed by atoms with Gasteiger partial charge in [0.1, 0.15) is 17.2 Å². The number of nitrogens with one attached hydrogen (secondary N) is 1. The molecule has 0 spiro atoms. The molecule has 2 heterocycles. The summed E-state index contributed by atoms with van der Waals surface area (Å²) in [5.74, 6) is 0.667. The maximum Gasteiger partial charge on any atom is 0.274 e. The zero-order valence-electron chi connectivity index (χ0n) is 14.4. The van der Waals surface area contributed by atoms with Crippen LogP contribution in [0, 0.1) is 6.92 Å². The lowest BCUT2D eigenvalue weighted by Crippen LogP contribution is -2.26. The number of nitrogen functional groups attached to an aromatic ring is 1. The Morgan fingerprint density at radius 3 is 2.84 bits per heavy atom. The van der Waals surface area contributed by atoms with Gasteiger partial charge in [-0.2, -0.15) is 0 Å². The maximum absolute atomic E-state index is 12.3. The van der Waals surface area contributed by atoms with E-state index in [-0.39, 0.29) is 18.1 Å². The molecule has 0 saturated heterocycles. The number of hydrogen-bond donors (Lipinski definition) is 2. The molecule has 0 fully saturated rings. The van der Waals surface area contributed by atoms with E-state index in [0.717, 1.165) is 6.42 Å². The van der Waals surface area contributed by atoms with Crippen LogP contribution in [0.5, 0.6) is 0 Å². The lowest BCUT2D eigenvalue weighted by atomic mass is 10.2. The summed E-state index contributed by atoms with van der Waals surface area (Å²) in [5, 5.41) is 2.67. The van der Waals surface area contributed by atoms with Crippen molar-refractivity contribution >= 4 is 17.5 Å². The topological polar surface area (TPSA) is 116 Å². The van der Waals surface area contributed by atoms with Gasteiger partial charge in [-0.3, -0.25) is 4.79 Å². The van der Waals surface area contributed by atoms with Crippen molar-refractivity contribution < 1.29 is 13.9 Å². The number of nitrogens with two attached hydrogens (primary N) is 1. The van der Waals surface area contributed by atoms with Crippen molar-refractivity contribution in [1.82, 2.24) is 20.3 Å². The molecule has 8 heteroatoms. The van der Waals surface area contributed by atoms with E-state index in [9.17, 15) is 4.79 Å². The Kier molecular flexibility index (Phi) is 6.27. The van der Waals surface area contributed by atoms with Crippen molar-refractivity contribution in [2.45, 2.75) is 33.7 Å². The van der Waals surface area contributed by atoms with Crippen LogP contribution in [-0.2, 0) is 11.3 Å². The van der Waals surface area contributed by atoms with Crippen LogP contribution in [0.3, 0.4) is 0 Å². The molecule has 3 N–H and O–H groups in total. The first kappa shape index (κ1) is 18.2. The van der Waals surface area contributed by atoms with Crippen molar-refractivity contribution in [2.24, 2.45) is 0 Å². The van der Waals surface area contributed by atoms with Gasteiger partial charge < -0.3 is 20.2 Å². The van der Waals surface area contributed by atoms with E-state index in [4.69, 9.17) is 14.9 Å². The molecule has 8 nitrogen and oxygen atoms in total. The zero-order chi connectivity index (χ0) is 18.2. The SMILES string of the molecule is C/C=C\O/C(=C/CC)c1nc(N)c(C(=O)NCc2cnco2)nc1C. The van der Waals surface area contributed by atoms with Crippen LogP contribution in [0.15, 0.2) is 35.4 Å². The Balaban J connectivity index is 2.23. The van der Waals surface area contributed by atoms with Gasteiger partial charge in [-0.15, -0.1) is 0 Å². The van der Waals surface area contributed by atoms with Crippen molar-refractivity contribution in [3.8, 4) is 0 Å². The van der Waals surface area contributed by atoms with E-state index in [1.807, 2.05) is 19.9 Å². The minimum atomic E-state index is -0.438. The summed E-state index contributed by atoms with van der Waals surface area (Å²) in [6, 6.07) is 0. The van der Waals surface area contributed by atoms with Gasteiger partial charge in [0.25, 0.3) is 5.91 Å². The van der Waals surface area contributed by atoms with Crippen molar-refractivity contribution in [3.63, 3.8) is 0 Å².